The quantitative estimate of drug-likeness (QED) is 0.157. The first-order valence-corrected chi connectivity index (χ1v) is 17.9. The summed E-state index contributed by atoms with van der Waals surface area (Å²) in [5.41, 5.74) is 2.96. The number of fused-ring (bicyclic) bond motifs is 3. The summed E-state index contributed by atoms with van der Waals surface area (Å²) in [6.45, 7) is 5.30. The lowest BCUT2D eigenvalue weighted by molar-refractivity contribution is -0.146. The number of aliphatic hydroxyl groups is 1. The molecule has 0 unspecified atom stereocenters. The van der Waals surface area contributed by atoms with Crippen LogP contribution in [0.15, 0.2) is 72.9 Å². The number of hydrogen-bond acceptors (Lipinski definition) is 5. The molecule has 2 aliphatic rings. The molecule has 44 heavy (non-hydrogen) atoms. The maximum absolute atomic E-state index is 15.7. The molecule has 3 heterocycles. The first-order chi connectivity index (χ1) is 21.1. The van der Waals surface area contributed by atoms with Crippen molar-refractivity contribution in [2.45, 2.75) is 56.7 Å². The highest BCUT2D eigenvalue weighted by molar-refractivity contribution is 6.72. The molecule has 0 radical (unpaired) electrons. The summed E-state index contributed by atoms with van der Waals surface area (Å²) in [6.07, 6.45) is 1.79. The molecule has 4 atom stereocenters. The van der Waals surface area contributed by atoms with Gasteiger partial charge in [-0.2, -0.15) is 0 Å². The Balaban J connectivity index is 1.24. The van der Waals surface area contributed by atoms with Crippen molar-refractivity contribution < 1.29 is 28.3 Å². The number of aromatic amines is 1. The molecule has 1 spiro atoms. The van der Waals surface area contributed by atoms with Crippen molar-refractivity contribution in [3.05, 3.63) is 89.6 Å². The number of nitrogens with one attached hydrogen (secondary N) is 2. The maximum Gasteiger partial charge on any atom is 0.264 e. The number of carbonyl (C=O) groups is 2. The molecule has 0 aliphatic carbocycles. The second-order valence-electron chi connectivity index (χ2n) is 12.3. The molecule has 3 N–H and O–H groups in total. The first kappa shape index (κ1) is 30.1. The van der Waals surface area contributed by atoms with E-state index >= 15 is 4.11 Å². The number of H-pyrrole nitrogens is 1. The van der Waals surface area contributed by atoms with Crippen molar-refractivity contribution in [3.8, 4) is 5.75 Å². The third kappa shape index (κ3) is 5.10. The molecular weight excluding hydrogens is 577 g/mol. The molecule has 8 nitrogen and oxygen atoms in total. The van der Waals surface area contributed by atoms with Crippen LogP contribution in [0.1, 0.15) is 30.0 Å². The summed E-state index contributed by atoms with van der Waals surface area (Å²) in [6, 6.07) is 20.8. The zero-order valence-corrected chi connectivity index (χ0v) is 26.4. The van der Waals surface area contributed by atoms with Gasteiger partial charge in [0.25, 0.3) is 5.91 Å². The van der Waals surface area contributed by atoms with Crippen molar-refractivity contribution in [1.82, 2.24) is 4.98 Å². The van der Waals surface area contributed by atoms with Crippen LogP contribution in [0.3, 0.4) is 0 Å². The van der Waals surface area contributed by atoms with Gasteiger partial charge in [0.05, 0.1) is 31.9 Å². The van der Waals surface area contributed by atoms with Crippen LogP contribution in [0.4, 0.5) is 15.5 Å². The minimum Gasteiger partial charge on any atom is -0.497 e. The topological polar surface area (TPSA) is 104 Å². The second-order valence-corrected chi connectivity index (χ2v) is 16.1. The van der Waals surface area contributed by atoms with E-state index in [2.05, 4.69) is 10.3 Å². The van der Waals surface area contributed by atoms with Crippen LogP contribution in [0.5, 0.6) is 5.75 Å². The molecule has 0 saturated carbocycles. The highest BCUT2D eigenvalue weighted by Crippen LogP contribution is 2.60. The van der Waals surface area contributed by atoms with E-state index in [9.17, 15) is 14.7 Å². The van der Waals surface area contributed by atoms with Gasteiger partial charge in [-0.3, -0.25) is 9.59 Å². The van der Waals surface area contributed by atoms with Crippen molar-refractivity contribution in [3.63, 3.8) is 0 Å². The first-order valence-electron chi connectivity index (χ1n) is 15.0. The van der Waals surface area contributed by atoms with Crippen molar-refractivity contribution in [2.75, 3.05) is 23.9 Å². The van der Waals surface area contributed by atoms with Crippen LogP contribution < -0.4 is 15.0 Å². The number of para-hydroxylation sites is 1. The molecule has 6 rings (SSSR count). The predicted octanol–water partition coefficient (Wildman–Crippen LogP) is 6.06. The molecule has 4 aromatic rings. The summed E-state index contributed by atoms with van der Waals surface area (Å²) in [5.74, 6) is -0.224. The lowest BCUT2D eigenvalue weighted by atomic mass is 9.82. The number of nitrogens with zero attached hydrogens (tertiary/aromatic N) is 1. The Labute approximate surface area is 257 Å². The molecule has 0 bridgehead atoms. The average Bonchev–Trinajstić information content (AvgIpc) is 3.61. The van der Waals surface area contributed by atoms with Gasteiger partial charge >= 0.3 is 0 Å². The second kappa shape index (κ2) is 11.5. The Morgan fingerprint density at radius 2 is 1.91 bits per heavy atom. The smallest absolute Gasteiger partial charge is 0.264 e. The molecule has 230 valence electrons. The van der Waals surface area contributed by atoms with E-state index < -0.39 is 31.6 Å². The Kier molecular flexibility index (Phi) is 7.85. The lowest BCUT2D eigenvalue weighted by Crippen LogP contribution is -2.45. The molecule has 1 fully saturated rings. The summed E-state index contributed by atoms with van der Waals surface area (Å²) >= 11 is 0. The molecule has 2 aliphatic heterocycles. The number of amides is 2. The third-order valence-corrected chi connectivity index (χ3v) is 11.6. The lowest BCUT2D eigenvalue weighted by Gasteiger charge is -2.31. The van der Waals surface area contributed by atoms with Gasteiger partial charge in [-0.05, 0) is 67.0 Å². The van der Waals surface area contributed by atoms with Gasteiger partial charge in [0, 0.05) is 46.4 Å². The minimum atomic E-state index is -3.28. The van der Waals surface area contributed by atoms with Gasteiger partial charge in [-0.15, -0.1) is 0 Å². The van der Waals surface area contributed by atoms with E-state index in [1.807, 2.05) is 73.8 Å². The fourth-order valence-electron chi connectivity index (χ4n) is 7.24. The van der Waals surface area contributed by atoms with Crippen LogP contribution in [0.2, 0.25) is 18.6 Å². The van der Waals surface area contributed by atoms with Gasteiger partial charge in [-0.1, -0.05) is 37.3 Å². The van der Waals surface area contributed by atoms with Crippen LogP contribution in [0.25, 0.3) is 10.9 Å². The number of benzene rings is 3. The summed E-state index contributed by atoms with van der Waals surface area (Å²) in [5, 5.41) is 13.8. The molecule has 1 saturated heterocycles. The number of aliphatic hydroxyl groups excluding tert-OH is 1. The number of aromatic nitrogens is 1. The normalized spacial score (nSPS) is 23.0. The van der Waals surface area contributed by atoms with E-state index in [0.717, 1.165) is 22.0 Å². The monoisotopic (exact) mass is 615 g/mol. The van der Waals surface area contributed by atoms with Crippen LogP contribution in [-0.2, 0) is 32.9 Å². The Hall–Kier alpha value is -3.99. The standard InChI is InChI=1S/C34H38FN3O5Si/c1-21-32(44(3,4)35)30(15-16-39)43-34(21)27-18-25(42-2)13-14-29(27)38(33(34)41)20-22-9-11-24(12-10-22)37-31(40)17-23-19-36-28-8-6-5-7-26(23)28/h5-14,18-19,21,30,32,36,39H,15-17,20H2,1-4H3,(H,37,40)/t21-,30+,32-,34+/m1/s1. The van der Waals surface area contributed by atoms with Gasteiger partial charge in [0.15, 0.2) is 5.60 Å². The van der Waals surface area contributed by atoms with E-state index in [0.29, 0.717) is 22.7 Å². The SMILES string of the molecule is COc1ccc2c(c1)[C@]1(O[C@@H](CCO)[C@H]([Si](C)(C)F)[C@H]1C)C(=O)N2Cc1ccc(NC(=O)Cc2c[nH]c3ccccc23)cc1. The van der Waals surface area contributed by atoms with Gasteiger partial charge < -0.3 is 33.9 Å². The van der Waals surface area contributed by atoms with Crippen LogP contribution >= 0.6 is 0 Å². The zero-order valence-electron chi connectivity index (χ0n) is 25.4. The molecule has 1 aromatic heterocycles. The number of anilines is 2. The zero-order chi connectivity index (χ0) is 31.2. The number of hydrogen-bond donors (Lipinski definition) is 3. The maximum atomic E-state index is 15.7. The van der Waals surface area contributed by atoms with Gasteiger partial charge in [0.1, 0.15) is 5.75 Å². The molecular formula is C34H38FN3O5Si. The van der Waals surface area contributed by atoms with Crippen molar-refractivity contribution >= 4 is 42.5 Å². The number of rotatable bonds is 9. The number of ether oxygens (including phenoxy) is 2. The van der Waals surface area contributed by atoms with E-state index in [-0.39, 0.29) is 37.8 Å². The summed E-state index contributed by atoms with van der Waals surface area (Å²) in [4.78, 5) is 32.1. The van der Waals surface area contributed by atoms with Gasteiger partial charge in [0.2, 0.25) is 14.3 Å². The predicted molar refractivity (Wildman–Crippen MR) is 171 cm³/mol. The van der Waals surface area contributed by atoms with Crippen LogP contribution in [0, 0.1) is 5.92 Å². The van der Waals surface area contributed by atoms with Crippen molar-refractivity contribution in [1.29, 1.82) is 0 Å². The van der Waals surface area contributed by atoms with E-state index in [1.54, 1.807) is 31.2 Å². The van der Waals surface area contributed by atoms with E-state index in [1.165, 1.54) is 0 Å². The Morgan fingerprint density at radius 1 is 1.16 bits per heavy atom. The molecule has 10 heteroatoms. The molecule has 3 aromatic carbocycles. The minimum absolute atomic E-state index is 0.124. The van der Waals surface area contributed by atoms with E-state index in [4.69, 9.17) is 9.47 Å². The highest BCUT2D eigenvalue weighted by Gasteiger charge is 2.66. The fourth-order valence-corrected chi connectivity index (χ4v) is 9.78. The highest BCUT2D eigenvalue weighted by atomic mass is 28.4. The molecule has 2 amide bonds. The van der Waals surface area contributed by atoms with Crippen LogP contribution in [-0.4, -0.2) is 50.1 Å². The number of halogens is 1. The van der Waals surface area contributed by atoms with Gasteiger partial charge in [-0.25, -0.2) is 0 Å². The average molecular weight is 616 g/mol. The number of carbonyl (C=O) groups excluding carboxylic acids is 2. The Bertz CT molecular complexity index is 1700. The largest absolute Gasteiger partial charge is 0.497 e. The summed E-state index contributed by atoms with van der Waals surface area (Å²) < 4.78 is 27.8. The number of methoxy groups -OCH3 is 1. The Morgan fingerprint density at radius 3 is 2.61 bits per heavy atom. The third-order valence-electron chi connectivity index (χ3n) is 9.19. The fraction of sp³-hybridized carbons (Fsp3) is 0.353. The summed E-state index contributed by atoms with van der Waals surface area (Å²) in [7, 11) is -1.71. The van der Waals surface area contributed by atoms with Crippen molar-refractivity contribution in [2.24, 2.45) is 5.92 Å².